The maximum Gasteiger partial charge on any atom is 0.347 e. The van der Waals surface area contributed by atoms with E-state index < -0.39 is 12.1 Å². The first kappa shape index (κ1) is 12.3. The summed E-state index contributed by atoms with van der Waals surface area (Å²) in [5, 5.41) is 0.593. The van der Waals surface area contributed by atoms with Crippen LogP contribution in [0, 0.1) is 0 Å². The van der Waals surface area contributed by atoms with E-state index in [1.54, 1.807) is 13.0 Å². The normalized spacial score (nSPS) is 17.5. The average molecular weight is 276 g/mol. The fraction of sp³-hybridized carbons (Fsp3) is 0.364. The molecule has 0 aromatic heterocycles. The second-order valence-electron chi connectivity index (χ2n) is 3.63. The van der Waals surface area contributed by atoms with Crippen LogP contribution in [0.5, 0.6) is 5.75 Å². The van der Waals surface area contributed by atoms with Crippen molar-refractivity contribution >= 4 is 34.9 Å². The summed E-state index contributed by atoms with van der Waals surface area (Å²) >= 11 is 11.9. The smallest absolute Gasteiger partial charge is 0.347 e. The topological polar surface area (TPSA) is 61.5 Å². The van der Waals surface area contributed by atoms with Crippen molar-refractivity contribution in [2.75, 3.05) is 12.3 Å². The average Bonchev–Trinajstić information content (AvgIpc) is 2.72. The van der Waals surface area contributed by atoms with Crippen LogP contribution < -0.4 is 10.5 Å². The highest BCUT2D eigenvalue weighted by Crippen LogP contribution is 2.43. The molecule has 1 aliphatic rings. The summed E-state index contributed by atoms with van der Waals surface area (Å²) in [4.78, 5) is 11.6. The fourth-order valence-corrected chi connectivity index (χ4v) is 2.14. The van der Waals surface area contributed by atoms with E-state index in [1.165, 1.54) is 0 Å². The number of esters is 1. The minimum atomic E-state index is -0.691. The van der Waals surface area contributed by atoms with Crippen molar-refractivity contribution in [1.29, 1.82) is 0 Å². The van der Waals surface area contributed by atoms with E-state index in [-0.39, 0.29) is 5.02 Å². The van der Waals surface area contributed by atoms with Crippen molar-refractivity contribution in [1.82, 2.24) is 0 Å². The summed E-state index contributed by atoms with van der Waals surface area (Å²) in [5.74, 6) is -0.0370. The molecule has 0 saturated carbocycles. The van der Waals surface area contributed by atoms with Gasteiger partial charge >= 0.3 is 5.97 Å². The molecule has 0 amide bonds. The Kier molecular flexibility index (Phi) is 3.35. The Morgan fingerprint density at radius 3 is 3.00 bits per heavy atom. The molecule has 6 heteroatoms. The van der Waals surface area contributed by atoms with Crippen LogP contribution in [0.2, 0.25) is 10.0 Å². The minimum Gasteiger partial charge on any atom is -0.476 e. The molecule has 1 aromatic carbocycles. The highest BCUT2D eigenvalue weighted by molar-refractivity contribution is 6.43. The Hall–Kier alpha value is -1.13. The van der Waals surface area contributed by atoms with Gasteiger partial charge in [0.05, 0.1) is 11.6 Å². The molecule has 1 unspecified atom stereocenters. The molecule has 1 aliphatic heterocycles. The summed E-state index contributed by atoms with van der Waals surface area (Å²) in [6.45, 7) is 2.04. The van der Waals surface area contributed by atoms with Crippen LogP contribution in [0.3, 0.4) is 0 Å². The zero-order chi connectivity index (χ0) is 12.6. The van der Waals surface area contributed by atoms with Gasteiger partial charge in [-0.05, 0) is 13.0 Å². The standard InChI is InChI=1S/C11H11Cl2NO3/c1-2-16-11(15)8-3-5-7(14)4-6(12)9(13)10(5)17-8/h4,8H,2-3,14H2,1H3. The lowest BCUT2D eigenvalue weighted by Crippen LogP contribution is -2.27. The van der Waals surface area contributed by atoms with Crippen molar-refractivity contribution in [3.8, 4) is 5.75 Å². The SMILES string of the molecule is CCOC(=O)C1Cc2c(N)cc(Cl)c(Cl)c2O1. The number of fused-ring (bicyclic) bond motifs is 1. The van der Waals surface area contributed by atoms with Crippen LogP contribution in [0.1, 0.15) is 12.5 Å². The molecule has 1 aromatic rings. The van der Waals surface area contributed by atoms with Gasteiger partial charge in [-0.25, -0.2) is 4.79 Å². The molecule has 17 heavy (non-hydrogen) atoms. The molecule has 0 radical (unpaired) electrons. The first-order valence-electron chi connectivity index (χ1n) is 5.14. The Morgan fingerprint density at radius 2 is 2.35 bits per heavy atom. The Morgan fingerprint density at radius 1 is 1.65 bits per heavy atom. The van der Waals surface area contributed by atoms with Crippen molar-refractivity contribution < 1.29 is 14.3 Å². The summed E-state index contributed by atoms with van der Waals surface area (Å²) in [6.07, 6.45) is -0.333. The molecule has 0 saturated heterocycles. The lowest BCUT2D eigenvalue weighted by Gasteiger charge is -2.09. The van der Waals surface area contributed by atoms with Crippen LogP contribution >= 0.6 is 23.2 Å². The highest BCUT2D eigenvalue weighted by atomic mass is 35.5. The zero-order valence-electron chi connectivity index (χ0n) is 9.13. The number of carbonyl (C=O) groups excluding carboxylic acids is 1. The maximum atomic E-state index is 11.6. The largest absolute Gasteiger partial charge is 0.476 e. The van der Waals surface area contributed by atoms with Gasteiger partial charge in [0.15, 0.2) is 6.10 Å². The van der Waals surface area contributed by atoms with Crippen LogP contribution in [0.4, 0.5) is 5.69 Å². The van der Waals surface area contributed by atoms with Gasteiger partial charge in [0, 0.05) is 17.7 Å². The second-order valence-corrected chi connectivity index (χ2v) is 4.42. The van der Waals surface area contributed by atoms with E-state index in [9.17, 15) is 4.79 Å². The molecule has 2 rings (SSSR count). The van der Waals surface area contributed by atoms with Gasteiger partial charge in [-0.1, -0.05) is 23.2 Å². The van der Waals surface area contributed by atoms with E-state index >= 15 is 0 Å². The first-order chi connectivity index (χ1) is 8.04. The van der Waals surface area contributed by atoms with Gasteiger partial charge in [0.1, 0.15) is 10.8 Å². The summed E-state index contributed by atoms with van der Waals surface area (Å²) in [6, 6.07) is 1.56. The van der Waals surface area contributed by atoms with Gasteiger partial charge in [0.2, 0.25) is 0 Å². The van der Waals surface area contributed by atoms with Crippen LogP contribution in [-0.4, -0.2) is 18.7 Å². The van der Waals surface area contributed by atoms with E-state index in [4.69, 9.17) is 38.4 Å². The van der Waals surface area contributed by atoms with Crippen LogP contribution in [-0.2, 0) is 16.0 Å². The number of carbonyl (C=O) groups is 1. The quantitative estimate of drug-likeness (QED) is 0.665. The number of nitrogens with two attached hydrogens (primary N) is 1. The minimum absolute atomic E-state index is 0.280. The molecule has 0 fully saturated rings. The molecule has 1 atom stereocenters. The molecule has 1 heterocycles. The number of hydrogen-bond donors (Lipinski definition) is 1. The lowest BCUT2D eigenvalue weighted by atomic mass is 10.1. The van der Waals surface area contributed by atoms with E-state index in [1.807, 2.05) is 0 Å². The monoisotopic (exact) mass is 275 g/mol. The number of benzene rings is 1. The van der Waals surface area contributed by atoms with Crippen LogP contribution in [0.25, 0.3) is 0 Å². The lowest BCUT2D eigenvalue weighted by molar-refractivity contribution is -0.150. The van der Waals surface area contributed by atoms with Crippen molar-refractivity contribution in [2.45, 2.75) is 19.4 Å². The third-order valence-electron chi connectivity index (χ3n) is 2.51. The molecule has 2 N–H and O–H groups in total. The predicted molar refractivity (Wildman–Crippen MR) is 65.6 cm³/mol. The number of anilines is 1. The summed E-state index contributed by atoms with van der Waals surface area (Å²) in [7, 11) is 0. The maximum absolute atomic E-state index is 11.6. The molecule has 0 bridgehead atoms. The number of halogens is 2. The molecular weight excluding hydrogens is 265 g/mol. The van der Waals surface area contributed by atoms with Crippen molar-refractivity contribution in [3.63, 3.8) is 0 Å². The Labute approximate surface area is 109 Å². The third-order valence-corrected chi connectivity index (χ3v) is 3.28. The molecule has 0 aliphatic carbocycles. The third kappa shape index (κ3) is 2.15. The van der Waals surface area contributed by atoms with Gasteiger partial charge in [-0.3, -0.25) is 0 Å². The number of rotatable bonds is 2. The first-order valence-corrected chi connectivity index (χ1v) is 5.89. The summed E-state index contributed by atoms with van der Waals surface area (Å²) in [5.41, 5.74) is 6.98. The van der Waals surface area contributed by atoms with E-state index in [0.717, 1.165) is 0 Å². The number of hydrogen-bond acceptors (Lipinski definition) is 4. The predicted octanol–water partition coefficient (Wildman–Crippen LogP) is 2.44. The molecule has 92 valence electrons. The van der Waals surface area contributed by atoms with Gasteiger partial charge in [-0.15, -0.1) is 0 Å². The highest BCUT2D eigenvalue weighted by Gasteiger charge is 2.34. The van der Waals surface area contributed by atoms with Gasteiger partial charge in [0.25, 0.3) is 0 Å². The molecule has 4 nitrogen and oxygen atoms in total. The van der Waals surface area contributed by atoms with Crippen molar-refractivity contribution in [3.05, 3.63) is 21.7 Å². The molecule has 0 spiro atoms. The van der Waals surface area contributed by atoms with Crippen molar-refractivity contribution in [2.24, 2.45) is 0 Å². The number of ether oxygens (including phenoxy) is 2. The number of nitrogen functional groups attached to an aromatic ring is 1. The van der Waals surface area contributed by atoms with E-state index in [2.05, 4.69) is 0 Å². The van der Waals surface area contributed by atoms with Gasteiger partial charge in [-0.2, -0.15) is 0 Å². The fourth-order valence-electron chi connectivity index (χ4n) is 1.73. The second kappa shape index (κ2) is 4.63. The Balaban J connectivity index is 2.30. The van der Waals surface area contributed by atoms with Gasteiger partial charge < -0.3 is 15.2 Å². The zero-order valence-corrected chi connectivity index (χ0v) is 10.6. The molecular formula is C11H11Cl2NO3. The van der Waals surface area contributed by atoms with E-state index in [0.29, 0.717) is 35.1 Å². The Bertz CT molecular complexity index is 476. The summed E-state index contributed by atoms with van der Waals surface area (Å²) < 4.78 is 10.3. The van der Waals surface area contributed by atoms with Crippen LogP contribution in [0.15, 0.2) is 6.07 Å².